The number of nitrogens with zero attached hydrogens (tertiary/aromatic N) is 1. The Bertz CT molecular complexity index is 580. The standard InChI is InChI=1S/C15H16FNO2S/c1-2-17(9-10-18)15(19)14-8-7-13(20-14)11-3-5-12(16)6-4-11/h3-8,18H,2,9-10H2,1H3. The molecule has 0 aliphatic carbocycles. The van der Waals surface area contributed by atoms with Gasteiger partial charge in [0.25, 0.3) is 5.91 Å². The number of hydrogen-bond donors (Lipinski definition) is 1. The zero-order chi connectivity index (χ0) is 14.5. The molecular weight excluding hydrogens is 277 g/mol. The average Bonchev–Trinajstić information content (AvgIpc) is 2.94. The molecule has 0 bridgehead atoms. The summed E-state index contributed by atoms with van der Waals surface area (Å²) in [5.41, 5.74) is 0.889. The first-order chi connectivity index (χ1) is 9.65. The van der Waals surface area contributed by atoms with Crippen LogP contribution < -0.4 is 0 Å². The number of halogens is 1. The number of carbonyl (C=O) groups excluding carboxylic acids is 1. The average molecular weight is 293 g/mol. The maximum Gasteiger partial charge on any atom is 0.264 e. The van der Waals surface area contributed by atoms with E-state index in [1.54, 1.807) is 23.1 Å². The minimum Gasteiger partial charge on any atom is -0.395 e. The molecule has 0 aliphatic heterocycles. The van der Waals surface area contributed by atoms with Crippen LogP contribution in [0.1, 0.15) is 16.6 Å². The smallest absolute Gasteiger partial charge is 0.264 e. The van der Waals surface area contributed by atoms with E-state index >= 15 is 0 Å². The first kappa shape index (κ1) is 14.7. The number of amides is 1. The van der Waals surface area contributed by atoms with E-state index < -0.39 is 0 Å². The molecule has 2 aromatic rings. The highest BCUT2D eigenvalue weighted by atomic mass is 32.1. The quantitative estimate of drug-likeness (QED) is 0.920. The molecule has 1 aromatic carbocycles. The van der Waals surface area contributed by atoms with Crippen molar-refractivity contribution in [1.29, 1.82) is 0 Å². The predicted molar refractivity (Wildman–Crippen MR) is 78.4 cm³/mol. The second-order valence-electron chi connectivity index (χ2n) is 4.28. The monoisotopic (exact) mass is 293 g/mol. The first-order valence-corrected chi connectivity index (χ1v) is 7.23. The molecule has 0 atom stereocenters. The summed E-state index contributed by atoms with van der Waals surface area (Å²) < 4.78 is 12.9. The molecule has 0 saturated carbocycles. The van der Waals surface area contributed by atoms with Gasteiger partial charge in [0.2, 0.25) is 0 Å². The lowest BCUT2D eigenvalue weighted by Gasteiger charge is -2.18. The molecule has 0 fully saturated rings. The fraction of sp³-hybridized carbons (Fsp3) is 0.267. The van der Waals surface area contributed by atoms with Gasteiger partial charge in [0.15, 0.2) is 0 Å². The van der Waals surface area contributed by atoms with Gasteiger partial charge in [-0.2, -0.15) is 0 Å². The second kappa shape index (κ2) is 6.63. The van der Waals surface area contributed by atoms with Gasteiger partial charge in [-0.25, -0.2) is 4.39 Å². The van der Waals surface area contributed by atoms with Crippen LogP contribution in [0.15, 0.2) is 36.4 Å². The van der Waals surface area contributed by atoms with Gasteiger partial charge in [0.05, 0.1) is 11.5 Å². The SMILES string of the molecule is CCN(CCO)C(=O)c1ccc(-c2ccc(F)cc2)s1. The lowest BCUT2D eigenvalue weighted by atomic mass is 10.2. The van der Waals surface area contributed by atoms with E-state index in [2.05, 4.69) is 0 Å². The van der Waals surface area contributed by atoms with Crippen LogP contribution >= 0.6 is 11.3 Å². The third-order valence-electron chi connectivity index (χ3n) is 2.98. The van der Waals surface area contributed by atoms with Crippen molar-refractivity contribution in [2.75, 3.05) is 19.7 Å². The molecule has 2 rings (SSSR count). The molecule has 1 heterocycles. The largest absolute Gasteiger partial charge is 0.395 e. The van der Waals surface area contributed by atoms with Gasteiger partial charge >= 0.3 is 0 Å². The molecule has 5 heteroatoms. The lowest BCUT2D eigenvalue weighted by Crippen LogP contribution is -2.32. The van der Waals surface area contributed by atoms with Gasteiger partial charge in [-0.3, -0.25) is 4.79 Å². The van der Waals surface area contributed by atoms with Gasteiger partial charge in [0, 0.05) is 18.0 Å². The van der Waals surface area contributed by atoms with Crippen molar-refractivity contribution in [3.63, 3.8) is 0 Å². The zero-order valence-electron chi connectivity index (χ0n) is 11.2. The highest BCUT2D eigenvalue weighted by Crippen LogP contribution is 2.28. The summed E-state index contributed by atoms with van der Waals surface area (Å²) in [6, 6.07) is 9.83. The second-order valence-corrected chi connectivity index (χ2v) is 5.36. The number of aliphatic hydroxyl groups is 1. The number of thiophene rings is 1. The van der Waals surface area contributed by atoms with Crippen molar-refractivity contribution < 1.29 is 14.3 Å². The van der Waals surface area contributed by atoms with Crippen molar-refractivity contribution in [1.82, 2.24) is 4.90 Å². The molecular formula is C15H16FNO2S. The summed E-state index contributed by atoms with van der Waals surface area (Å²) in [7, 11) is 0. The Hall–Kier alpha value is -1.72. The minimum atomic E-state index is -0.276. The zero-order valence-corrected chi connectivity index (χ0v) is 12.0. The number of aliphatic hydroxyl groups excluding tert-OH is 1. The Morgan fingerprint density at radius 3 is 2.55 bits per heavy atom. The third-order valence-corrected chi connectivity index (χ3v) is 4.11. The maximum atomic E-state index is 12.9. The van der Waals surface area contributed by atoms with Gasteiger partial charge in [0.1, 0.15) is 5.82 Å². The molecule has 3 nitrogen and oxygen atoms in total. The summed E-state index contributed by atoms with van der Waals surface area (Å²) in [6.45, 7) is 2.72. The minimum absolute atomic E-state index is 0.0459. The van der Waals surface area contributed by atoms with E-state index in [9.17, 15) is 9.18 Å². The lowest BCUT2D eigenvalue weighted by molar-refractivity contribution is 0.0737. The van der Waals surface area contributed by atoms with Crippen molar-refractivity contribution in [3.05, 3.63) is 47.1 Å². The highest BCUT2D eigenvalue weighted by molar-refractivity contribution is 7.17. The van der Waals surface area contributed by atoms with Crippen molar-refractivity contribution in [2.45, 2.75) is 6.92 Å². The molecule has 0 aliphatic rings. The molecule has 1 amide bonds. The van der Waals surface area contributed by atoms with Crippen LogP contribution in [0, 0.1) is 5.82 Å². The Morgan fingerprint density at radius 2 is 1.95 bits per heavy atom. The highest BCUT2D eigenvalue weighted by Gasteiger charge is 2.16. The molecule has 0 saturated heterocycles. The molecule has 1 aromatic heterocycles. The van der Waals surface area contributed by atoms with Gasteiger partial charge in [-0.1, -0.05) is 12.1 Å². The van der Waals surface area contributed by atoms with E-state index in [1.807, 2.05) is 13.0 Å². The van der Waals surface area contributed by atoms with Crippen LogP contribution in [-0.4, -0.2) is 35.6 Å². The Morgan fingerprint density at radius 1 is 1.25 bits per heavy atom. The number of likely N-dealkylation sites (N-methyl/N-ethyl adjacent to an activating group) is 1. The van der Waals surface area contributed by atoms with Crippen LogP contribution in [-0.2, 0) is 0 Å². The van der Waals surface area contributed by atoms with Crippen molar-refractivity contribution in [3.8, 4) is 10.4 Å². The summed E-state index contributed by atoms with van der Waals surface area (Å²) >= 11 is 1.37. The summed E-state index contributed by atoms with van der Waals surface area (Å²) in [4.78, 5) is 15.4. The fourth-order valence-corrected chi connectivity index (χ4v) is 2.88. The number of hydrogen-bond acceptors (Lipinski definition) is 3. The van der Waals surface area contributed by atoms with Crippen LogP contribution in [0.5, 0.6) is 0 Å². The number of carbonyl (C=O) groups is 1. The van der Waals surface area contributed by atoms with Crippen molar-refractivity contribution in [2.24, 2.45) is 0 Å². The van der Waals surface area contributed by atoms with Gasteiger partial charge in [-0.05, 0) is 36.8 Å². The fourth-order valence-electron chi connectivity index (χ4n) is 1.90. The van der Waals surface area contributed by atoms with E-state index in [0.717, 1.165) is 10.4 Å². The van der Waals surface area contributed by atoms with Gasteiger partial charge < -0.3 is 10.0 Å². The first-order valence-electron chi connectivity index (χ1n) is 6.41. The number of benzene rings is 1. The van der Waals surface area contributed by atoms with E-state index in [-0.39, 0.29) is 18.3 Å². The molecule has 0 spiro atoms. The Kier molecular flexibility index (Phi) is 4.87. The van der Waals surface area contributed by atoms with Crippen LogP contribution in [0.2, 0.25) is 0 Å². The van der Waals surface area contributed by atoms with Crippen molar-refractivity contribution >= 4 is 17.2 Å². The molecule has 1 N–H and O–H groups in total. The van der Waals surface area contributed by atoms with Crippen LogP contribution in [0.3, 0.4) is 0 Å². The molecule has 0 radical (unpaired) electrons. The molecule has 20 heavy (non-hydrogen) atoms. The summed E-state index contributed by atoms with van der Waals surface area (Å²) in [5.74, 6) is -0.360. The Labute approximate surface area is 121 Å². The molecule has 106 valence electrons. The summed E-state index contributed by atoms with van der Waals surface area (Å²) in [5, 5.41) is 8.95. The third kappa shape index (κ3) is 3.23. The van der Waals surface area contributed by atoms with Crippen LogP contribution in [0.4, 0.5) is 4.39 Å². The normalized spacial score (nSPS) is 10.6. The molecule has 0 unspecified atom stereocenters. The van der Waals surface area contributed by atoms with Gasteiger partial charge in [-0.15, -0.1) is 11.3 Å². The maximum absolute atomic E-state index is 12.9. The predicted octanol–water partition coefficient (Wildman–Crippen LogP) is 3.01. The topological polar surface area (TPSA) is 40.5 Å². The number of rotatable bonds is 5. The van der Waals surface area contributed by atoms with E-state index in [0.29, 0.717) is 18.0 Å². The summed E-state index contributed by atoms with van der Waals surface area (Å²) in [6.07, 6.45) is 0. The Balaban J connectivity index is 2.20. The van der Waals surface area contributed by atoms with E-state index in [4.69, 9.17) is 5.11 Å². The van der Waals surface area contributed by atoms with Crippen LogP contribution in [0.25, 0.3) is 10.4 Å². The van der Waals surface area contributed by atoms with E-state index in [1.165, 1.54) is 23.5 Å².